The van der Waals surface area contributed by atoms with Gasteiger partial charge in [0, 0.05) is 29.2 Å². The van der Waals surface area contributed by atoms with Crippen LogP contribution in [0.15, 0.2) is 78.5 Å². The third-order valence-electron chi connectivity index (χ3n) is 6.61. The number of methoxy groups -OCH3 is 1. The van der Waals surface area contributed by atoms with Gasteiger partial charge in [0.1, 0.15) is 11.5 Å². The van der Waals surface area contributed by atoms with Gasteiger partial charge in [0.15, 0.2) is 11.5 Å². The van der Waals surface area contributed by atoms with Crippen LogP contribution in [-0.4, -0.2) is 40.6 Å². The first kappa shape index (κ1) is 21.8. The third kappa shape index (κ3) is 3.46. The number of aromatic nitrogens is 1. The van der Waals surface area contributed by atoms with E-state index < -0.39 is 17.7 Å². The lowest BCUT2D eigenvalue weighted by molar-refractivity contribution is -0.140. The Morgan fingerprint density at radius 1 is 1.06 bits per heavy atom. The number of fused-ring (bicyclic) bond motifs is 2. The van der Waals surface area contributed by atoms with Crippen LogP contribution < -0.4 is 14.2 Å². The monoisotopic (exact) mass is 482 g/mol. The molecule has 1 saturated heterocycles. The van der Waals surface area contributed by atoms with E-state index in [-0.39, 0.29) is 24.7 Å². The van der Waals surface area contributed by atoms with Crippen LogP contribution in [0.3, 0.4) is 0 Å². The fourth-order valence-corrected chi connectivity index (χ4v) is 4.82. The van der Waals surface area contributed by atoms with Gasteiger partial charge in [-0.15, -0.1) is 0 Å². The van der Waals surface area contributed by atoms with Crippen LogP contribution in [0.4, 0.5) is 0 Å². The molecule has 1 aromatic heterocycles. The third-order valence-corrected chi connectivity index (χ3v) is 6.61. The van der Waals surface area contributed by atoms with Crippen molar-refractivity contribution < 1.29 is 28.9 Å². The van der Waals surface area contributed by atoms with Crippen molar-refractivity contribution in [3.63, 3.8) is 0 Å². The molecule has 0 bridgehead atoms. The number of hydrogen-bond acceptors (Lipinski definition) is 6. The van der Waals surface area contributed by atoms with Crippen LogP contribution in [0, 0.1) is 0 Å². The highest BCUT2D eigenvalue weighted by molar-refractivity contribution is 6.46. The molecule has 3 heterocycles. The number of carbonyl (C=O) groups is 2. The summed E-state index contributed by atoms with van der Waals surface area (Å²) in [5.41, 5.74) is 2.76. The molecule has 2 aliphatic rings. The molecule has 1 unspecified atom stereocenters. The summed E-state index contributed by atoms with van der Waals surface area (Å²) in [5.74, 6) is 0.216. The number of para-hydroxylation sites is 1. The molecule has 1 fully saturated rings. The van der Waals surface area contributed by atoms with E-state index in [4.69, 9.17) is 14.2 Å². The number of likely N-dealkylation sites (tertiary alicyclic amines) is 1. The quantitative estimate of drug-likeness (QED) is 0.246. The van der Waals surface area contributed by atoms with Crippen LogP contribution in [0.5, 0.6) is 17.2 Å². The number of Topliss-reactive ketones (excluding diaryl/α,β-unsaturated/α-hetero) is 1. The van der Waals surface area contributed by atoms with Crippen LogP contribution >= 0.6 is 0 Å². The van der Waals surface area contributed by atoms with Crippen LogP contribution in [-0.2, 0) is 16.1 Å². The Morgan fingerprint density at radius 2 is 1.83 bits per heavy atom. The average molecular weight is 482 g/mol. The molecule has 1 amide bonds. The van der Waals surface area contributed by atoms with E-state index in [0.717, 1.165) is 16.5 Å². The predicted molar refractivity (Wildman–Crippen MR) is 132 cm³/mol. The van der Waals surface area contributed by atoms with E-state index in [2.05, 4.69) is 4.98 Å². The topological polar surface area (TPSA) is 101 Å². The molecule has 2 aliphatic heterocycles. The minimum Gasteiger partial charge on any atom is -0.507 e. The number of carbonyl (C=O) groups excluding carboxylic acids is 2. The molecular weight excluding hydrogens is 460 g/mol. The van der Waals surface area contributed by atoms with E-state index in [9.17, 15) is 14.7 Å². The Balaban J connectivity index is 1.48. The van der Waals surface area contributed by atoms with E-state index in [1.807, 2.05) is 30.3 Å². The van der Waals surface area contributed by atoms with Crippen molar-refractivity contribution >= 4 is 28.4 Å². The zero-order valence-corrected chi connectivity index (χ0v) is 19.4. The number of ketones is 1. The van der Waals surface area contributed by atoms with Crippen molar-refractivity contribution in [1.29, 1.82) is 0 Å². The van der Waals surface area contributed by atoms with Crippen molar-refractivity contribution in [3.8, 4) is 17.2 Å². The number of hydrogen-bond donors (Lipinski definition) is 2. The van der Waals surface area contributed by atoms with Crippen LogP contribution in [0.2, 0.25) is 0 Å². The molecule has 8 heteroatoms. The number of benzene rings is 3. The zero-order valence-electron chi connectivity index (χ0n) is 19.4. The summed E-state index contributed by atoms with van der Waals surface area (Å²) < 4.78 is 16.1. The number of ether oxygens (including phenoxy) is 3. The van der Waals surface area contributed by atoms with Gasteiger partial charge in [0.05, 0.1) is 18.7 Å². The number of H-pyrrole nitrogens is 1. The Morgan fingerprint density at radius 3 is 2.64 bits per heavy atom. The summed E-state index contributed by atoms with van der Waals surface area (Å²) in [7, 11) is 1.57. The van der Waals surface area contributed by atoms with E-state index in [1.54, 1.807) is 49.7 Å². The van der Waals surface area contributed by atoms with Crippen molar-refractivity contribution in [2.75, 3.05) is 13.9 Å². The molecule has 2 N–H and O–H groups in total. The molecule has 0 aliphatic carbocycles. The number of aromatic amines is 1. The van der Waals surface area contributed by atoms with E-state index in [0.29, 0.717) is 28.4 Å². The van der Waals surface area contributed by atoms with Gasteiger partial charge < -0.3 is 29.2 Å². The van der Waals surface area contributed by atoms with E-state index in [1.165, 1.54) is 4.90 Å². The lowest BCUT2D eigenvalue weighted by atomic mass is 9.95. The molecule has 36 heavy (non-hydrogen) atoms. The molecule has 180 valence electrons. The Hall–Kier alpha value is -4.72. The number of nitrogens with zero attached hydrogens (tertiary/aromatic N) is 1. The smallest absolute Gasteiger partial charge is 0.295 e. The van der Waals surface area contributed by atoms with Crippen molar-refractivity contribution in [2.24, 2.45) is 0 Å². The number of rotatable bonds is 5. The van der Waals surface area contributed by atoms with Crippen molar-refractivity contribution in [2.45, 2.75) is 12.6 Å². The minimum atomic E-state index is -0.796. The summed E-state index contributed by atoms with van der Waals surface area (Å²) in [6.45, 7) is 0.280. The largest absolute Gasteiger partial charge is 0.507 e. The van der Waals surface area contributed by atoms with Gasteiger partial charge in [-0.3, -0.25) is 9.59 Å². The molecule has 8 nitrogen and oxygen atoms in total. The average Bonchev–Trinajstić information content (AvgIpc) is 3.61. The van der Waals surface area contributed by atoms with Gasteiger partial charge in [-0.1, -0.05) is 36.4 Å². The van der Waals surface area contributed by atoms with Gasteiger partial charge in [-0.25, -0.2) is 0 Å². The second-order valence-electron chi connectivity index (χ2n) is 8.64. The van der Waals surface area contributed by atoms with Crippen molar-refractivity contribution in [1.82, 2.24) is 9.88 Å². The Labute approximate surface area is 206 Å². The molecule has 6 rings (SSSR count). The lowest BCUT2D eigenvalue weighted by Gasteiger charge is -2.25. The summed E-state index contributed by atoms with van der Waals surface area (Å²) in [4.78, 5) is 31.3. The Kier molecular flexibility index (Phi) is 5.14. The number of aliphatic hydroxyl groups is 1. The van der Waals surface area contributed by atoms with Crippen LogP contribution in [0.1, 0.15) is 22.7 Å². The summed E-state index contributed by atoms with van der Waals surface area (Å²) in [5, 5.41) is 12.2. The molecule has 3 aromatic carbocycles. The maximum atomic E-state index is 13.4. The highest BCUT2D eigenvalue weighted by Gasteiger charge is 2.46. The van der Waals surface area contributed by atoms with Gasteiger partial charge >= 0.3 is 0 Å². The molecule has 4 aromatic rings. The summed E-state index contributed by atoms with van der Waals surface area (Å²) >= 11 is 0. The first-order chi connectivity index (χ1) is 17.5. The molecule has 0 spiro atoms. The van der Waals surface area contributed by atoms with Gasteiger partial charge in [0.25, 0.3) is 11.7 Å². The van der Waals surface area contributed by atoms with E-state index >= 15 is 0 Å². The highest BCUT2D eigenvalue weighted by atomic mass is 16.7. The second-order valence-corrected chi connectivity index (χ2v) is 8.64. The normalized spacial score (nSPS) is 18.2. The summed E-state index contributed by atoms with van der Waals surface area (Å²) in [6, 6.07) is 19.2. The number of aliphatic hydroxyl groups excluding tert-OH is 1. The zero-order chi connectivity index (χ0) is 24.8. The first-order valence-electron chi connectivity index (χ1n) is 11.4. The maximum absolute atomic E-state index is 13.4. The highest BCUT2D eigenvalue weighted by Crippen LogP contribution is 2.42. The number of nitrogens with one attached hydrogen (secondary N) is 1. The van der Waals surface area contributed by atoms with Crippen LogP contribution in [0.25, 0.3) is 16.7 Å². The molecule has 0 radical (unpaired) electrons. The molecular formula is C28H22N2O6. The maximum Gasteiger partial charge on any atom is 0.295 e. The number of amides is 1. The van der Waals surface area contributed by atoms with Crippen molar-refractivity contribution in [3.05, 3.63) is 95.2 Å². The van der Waals surface area contributed by atoms with Gasteiger partial charge in [-0.05, 0) is 41.5 Å². The fourth-order valence-electron chi connectivity index (χ4n) is 4.82. The fraction of sp³-hybridized carbons (Fsp3) is 0.143. The first-order valence-corrected chi connectivity index (χ1v) is 11.4. The molecule has 1 atom stereocenters. The lowest BCUT2D eigenvalue weighted by Crippen LogP contribution is -2.29. The SMILES string of the molecule is COc1ccc(C2/C(=C(/O)c3c[nH]c4ccccc34)C(=O)C(=O)N2Cc2ccc3c(c2)OCO3)cc1. The standard InChI is InChI=1S/C28H22N2O6/c1-34-18-9-7-17(8-10-18)25-24(26(31)20-13-29-21-5-3-2-4-19(20)21)27(32)28(33)30(25)14-16-6-11-22-23(12-16)36-15-35-22/h2-13,25,29,31H,14-15H2,1H3/b26-24-. The van der Waals surface area contributed by atoms with Gasteiger partial charge in [-0.2, -0.15) is 0 Å². The van der Waals surface area contributed by atoms with Gasteiger partial charge in [0.2, 0.25) is 6.79 Å². The second kappa shape index (κ2) is 8.49. The summed E-state index contributed by atoms with van der Waals surface area (Å²) in [6.07, 6.45) is 1.65. The minimum absolute atomic E-state index is 0.0377. The Bertz CT molecular complexity index is 1540. The predicted octanol–water partition coefficient (Wildman–Crippen LogP) is 4.53. The molecule has 0 saturated carbocycles.